The number of nitrogens with one attached hydrogen (secondary N) is 2. The molecule has 0 fully saturated rings. The van der Waals surface area contributed by atoms with Crippen molar-refractivity contribution in [1.29, 1.82) is 0 Å². The van der Waals surface area contributed by atoms with Gasteiger partial charge in [-0.05, 0) is 19.1 Å². The van der Waals surface area contributed by atoms with Crippen LogP contribution in [0.2, 0.25) is 0 Å². The Bertz CT molecular complexity index is 545. The number of rotatable bonds is 2. The van der Waals surface area contributed by atoms with Gasteiger partial charge in [0, 0.05) is 24.2 Å². The molecule has 0 radical (unpaired) electrons. The van der Waals surface area contributed by atoms with Crippen molar-refractivity contribution in [3.05, 3.63) is 40.9 Å². The molecule has 1 atom stereocenters. The van der Waals surface area contributed by atoms with Crippen LogP contribution in [0.15, 0.2) is 29.5 Å². The maximum atomic E-state index is 13.4. The molecule has 19 heavy (non-hydrogen) atoms. The van der Waals surface area contributed by atoms with Crippen LogP contribution < -0.4 is 10.6 Å². The quantitative estimate of drug-likeness (QED) is 0.625. The Morgan fingerprint density at radius 1 is 1.53 bits per heavy atom. The molecule has 102 valence electrons. The number of benzene rings is 1. The molecule has 6 heteroatoms. The third kappa shape index (κ3) is 2.91. The van der Waals surface area contributed by atoms with E-state index >= 15 is 0 Å². The standard InChI is InChI=1S/C13H15FN2O2S/c1-7-8(14)3-2-4-9(7)16-13(19)11-10(17)5-6-15-12(11)18/h2-4,12,15,17-18H,5-6H2,1H3,(H,16,19). The van der Waals surface area contributed by atoms with Gasteiger partial charge in [0.15, 0.2) is 0 Å². The van der Waals surface area contributed by atoms with Crippen LogP contribution in [0.3, 0.4) is 0 Å². The minimum atomic E-state index is -1.01. The van der Waals surface area contributed by atoms with Gasteiger partial charge in [-0.1, -0.05) is 18.3 Å². The van der Waals surface area contributed by atoms with E-state index in [0.29, 0.717) is 24.2 Å². The zero-order valence-corrected chi connectivity index (χ0v) is 11.2. The summed E-state index contributed by atoms with van der Waals surface area (Å²) in [6, 6.07) is 4.61. The summed E-state index contributed by atoms with van der Waals surface area (Å²) >= 11 is 5.16. The van der Waals surface area contributed by atoms with Crippen molar-refractivity contribution in [2.45, 2.75) is 19.6 Å². The SMILES string of the molecule is Cc1c(F)cccc1NC(=S)C1=C(O)CCNC1O. The monoisotopic (exact) mass is 282 g/mol. The molecule has 4 nitrogen and oxygen atoms in total. The molecule has 0 saturated heterocycles. The molecular formula is C13H15FN2O2S. The number of hydrogen-bond acceptors (Lipinski definition) is 4. The number of aliphatic hydroxyl groups excluding tert-OH is 2. The van der Waals surface area contributed by atoms with Crippen LogP contribution in [0, 0.1) is 12.7 Å². The van der Waals surface area contributed by atoms with Crippen molar-refractivity contribution in [3.63, 3.8) is 0 Å². The van der Waals surface area contributed by atoms with Gasteiger partial charge in [-0.2, -0.15) is 0 Å². The lowest BCUT2D eigenvalue weighted by atomic mass is 10.1. The van der Waals surface area contributed by atoms with E-state index in [1.807, 2.05) is 0 Å². The second kappa shape index (κ2) is 5.64. The van der Waals surface area contributed by atoms with Gasteiger partial charge >= 0.3 is 0 Å². The lowest BCUT2D eigenvalue weighted by molar-refractivity contribution is 0.159. The minimum absolute atomic E-state index is 0.0535. The molecule has 1 unspecified atom stereocenters. The number of thiocarbonyl (C=S) groups is 1. The van der Waals surface area contributed by atoms with E-state index in [0.717, 1.165) is 0 Å². The fourth-order valence-electron chi connectivity index (χ4n) is 1.91. The van der Waals surface area contributed by atoms with E-state index < -0.39 is 6.23 Å². The largest absolute Gasteiger partial charge is 0.512 e. The lowest BCUT2D eigenvalue weighted by Gasteiger charge is -2.24. The highest BCUT2D eigenvalue weighted by Gasteiger charge is 2.24. The highest BCUT2D eigenvalue weighted by molar-refractivity contribution is 7.81. The fraction of sp³-hybridized carbons (Fsp3) is 0.308. The highest BCUT2D eigenvalue weighted by atomic mass is 32.1. The molecule has 1 aliphatic heterocycles. The van der Waals surface area contributed by atoms with E-state index in [2.05, 4.69) is 10.6 Å². The molecule has 2 rings (SSSR count). The summed E-state index contributed by atoms with van der Waals surface area (Å²) in [5, 5.41) is 25.2. The Balaban J connectivity index is 2.24. The van der Waals surface area contributed by atoms with Crippen LogP contribution in [0.4, 0.5) is 10.1 Å². The molecule has 0 spiro atoms. The third-order valence-corrected chi connectivity index (χ3v) is 3.37. The van der Waals surface area contributed by atoms with Crippen LogP contribution >= 0.6 is 12.2 Å². The second-order valence-electron chi connectivity index (χ2n) is 4.33. The van der Waals surface area contributed by atoms with Crippen LogP contribution in [0.25, 0.3) is 0 Å². The first-order valence-corrected chi connectivity index (χ1v) is 6.31. The average Bonchev–Trinajstić information content (AvgIpc) is 2.35. The van der Waals surface area contributed by atoms with E-state index in [-0.39, 0.29) is 22.1 Å². The summed E-state index contributed by atoms with van der Waals surface area (Å²) in [5.41, 5.74) is 1.19. The maximum absolute atomic E-state index is 13.4. The molecule has 0 saturated carbocycles. The smallest absolute Gasteiger partial charge is 0.137 e. The lowest BCUT2D eigenvalue weighted by Crippen LogP contribution is -2.40. The molecule has 1 aliphatic rings. The van der Waals surface area contributed by atoms with Gasteiger partial charge in [-0.3, -0.25) is 5.32 Å². The summed E-state index contributed by atoms with van der Waals surface area (Å²) in [4.78, 5) is 0.186. The van der Waals surface area contributed by atoms with Gasteiger partial charge in [-0.25, -0.2) is 4.39 Å². The van der Waals surface area contributed by atoms with E-state index in [4.69, 9.17) is 12.2 Å². The molecule has 1 heterocycles. The van der Waals surface area contributed by atoms with Gasteiger partial charge in [0.1, 0.15) is 22.8 Å². The third-order valence-electron chi connectivity index (χ3n) is 3.04. The van der Waals surface area contributed by atoms with Crippen molar-refractivity contribution in [3.8, 4) is 0 Å². The first kappa shape index (κ1) is 13.9. The van der Waals surface area contributed by atoms with Crippen LogP contribution in [-0.4, -0.2) is 28.0 Å². The second-order valence-corrected chi connectivity index (χ2v) is 4.74. The Kier molecular flexibility index (Phi) is 4.14. The Morgan fingerprint density at radius 2 is 2.26 bits per heavy atom. The Hall–Kier alpha value is -1.50. The number of halogens is 1. The van der Waals surface area contributed by atoms with Crippen LogP contribution in [-0.2, 0) is 0 Å². The first-order valence-electron chi connectivity index (χ1n) is 5.90. The molecule has 4 N–H and O–H groups in total. The number of anilines is 1. The van der Waals surface area contributed by atoms with Gasteiger partial charge < -0.3 is 15.5 Å². The van der Waals surface area contributed by atoms with E-state index in [9.17, 15) is 14.6 Å². The van der Waals surface area contributed by atoms with Crippen molar-refractivity contribution in [2.75, 3.05) is 11.9 Å². The summed E-state index contributed by atoms with van der Waals surface area (Å²) in [5.74, 6) is -0.286. The molecule has 0 amide bonds. The average molecular weight is 282 g/mol. The van der Waals surface area contributed by atoms with Gasteiger partial charge in [-0.15, -0.1) is 0 Å². The van der Waals surface area contributed by atoms with E-state index in [1.54, 1.807) is 19.1 Å². The fourth-order valence-corrected chi connectivity index (χ4v) is 2.25. The molecule has 0 bridgehead atoms. The van der Waals surface area contributed by atoms with E-state index in [1.165, 1.54) is 6.07 Å². The van der Waals surface area contributed by atoms with Crippen molar-refractivity contribution in [2.24, 2.45) is 0 Å². The zero-order valence-electron chi connectivity index (χ0n) is 10.4. The predicted octanol–water partition coefficient (Wildman–Crippen LogP) is 2.00. The Morgan fingerprint density at radius 3 is 2.95 bits per heavy atom. The summed E-state index contributed by atoms with van der Waals surface area (Å²) in [7, 11) is 0. The molecule has 0 aliphatic carbocycles. The van der Waals surface area contributed by atoms with Crippen molar-refractivity contribution < 1.29 is 14.6 Å². The summed E-state index contributed by atoms with van der Waals surface area (Å²) in [6.45, 7) is 2.11. The molecular weight excluding hydrogens is 267 g/mol. The number of hydrogen-bond donors (Lipinski definition) is 4. The molecule has 1 aromatic carbocycles. The molecule has 1 aromatic rings. The van der Waals surface area contributed by atoms with Gasteiger partial charge in [0.05, 0.1) is 5.57 Å². The van der Waals surface area contributed by atoms with Crippen molar-refractivity contribution in [1.82, 2.24) is 5.32 Å². The summed E-state index contributed by atoms with van der Waals surface area (Å²) < 4.78 is 13.4. The molecule has 0 aromatic heterocycles. The van der Waals surface area contributed by atoms with Gasteiger partial charge in [0.25, 0.3) is 0 Å². The van der Waals surface area contributed by atoms with Crippen LogP contribution in [0.5, 0.6) is 0 Å². The van der Waals surface area contributed by atoms with Gasteiger partial charge in [0.2, 0.25) is 0 Å². The topological polar surface area (TPSA) is 64.5 Å². The Labute approximate surface area is 116 Å². The first-order chi connectivity index (χ1) is 9.00. The maximum Gasteiger partial charge on any atom is 0.137 e. The number of aliphatic hydroxyl groups is 2. The summed E-state index contributed by atoms with van der Waals surface area (Å²) in [6.07, 6.45) is -0.612. The normalized spacial score (nSPS) is 19.4. The zero-order chi connectivity index (χ0) is 14.0. The predicted molar refractivity (Wildman–Crippen MR) is 75.6 cm³/mol. The van der Waals surface area contributed by atoms with Crippen molar-refractivity contribution >= 4 is 22.9 Å². The minimum Gasteiger partial charge on any atom is -0.512 e. The van der Waals surface area contributed by atoms with Crippen LogP contribution in [0.1, 0.15) is 12.0 Å². The highest BCUT2D eigenvalue weighted by Crippen LogP contribution is 2.21.